The van der Waals surface area contributed by atoms with Crippen molar-refractivity contribution in [2.75, 3.05) is 0 Å². The van der Waals surface area contributed by atoms with Crippen LogP contribution in [-0.2, 0) is 11.4 Å². The van der Waals surface area contributed by atoms with Crippen molar-refractivity contribution in [2.24, 2.45) is 5.41 Å². The van der Waals surface area contributed by atoms with E-state index in [-0.39, 0.29) is 11.0 Å². The van der Waals surface area contributed by atoms with Crippen LogP contribution >= 0.6 is 27.5 Å². The van der Waals surface area contributed by atoms with Crippen molar-refractivity contribution in [3.05, 3.63) is 28.5 Å². The van der Waals surface area contributed by atoms with Crippen LogP contribution in [0.25, 0.3) is 11.0 Å². The quantitative estimate of drug-likeness (QED) is 0.643. The summed E-state index contributed by atoms with van der Waals surface area (Å²) in [7, 11) is 0. The van der Waals surface area contributed by atoms with Gasteiger partial charge in [0.2, 0.25) is 0 Å². The number of hydrogen-bond donors (Lipinski definition) is 0. The highest BCUT2D eigenvalue weighted by Gasteiger charge is 2.30. The van der Waals surface area contributed by atoms with Gasteiger partial charge in [-0.1, -0.05) is 36.7 Å². The van der Waals surface area contributed by atoms with Gasteiger partial charge in [-0.25, -0.2) is 4.98 Å². The molecule has 4 heteroatoms. The molecule has 0 unspecified atom stereocenters. The predicted octanol–water partition coefficient (Wildman–Crippen LogP) is 5.71. The molecule has 0 aliphatic rings. The Morgan fingerprint density at radius 1 is 1.20 bits per heavy atom. The van der Waals surface area contributed by atoms with Gasteiger partial charge in [0.15, 0.2) is 0 Å². The zero-order valence-corrected chi connectivity index (χ0v) is 15.1. The summed E-state index contributed by atoms with van der Waals surface area (Å²) in [6.07, 6.45) is 1.06. The minimum Gasteiger partial charge on any atom is -0.321 e. The Bertz CT molecular complexity index is 623. The lowest BCUT2D eigenvalue weighted by Crippen LogP contribution is -2.32. The molecule has 2 aromatic rings. The van der Waals surface area contributed by atoms with Gasteiger partial charge < -0.3 is 4.57 Å². The van der Waals surface area contributed by atoms with Crippen LogP contribution in [0.2, 0.25) is 0 Å². The van der Waals surface area contributed by atoms with Crippen LogP contribution < -0.4 is 0 Å². The van der Waals surface area contributed by atoms with E-state index in [1.807, 2.05) is 0 Å². The summed E-state index contributed by atoms with van der Waals surface area (Å²) in [5, 5.41) is 0. The van der Waals surface area contributed by atoms with Crippen molar-refractivity contribution >= 4 is 38.6 Å². The molecular formula is C16H22BrClN2. The molecule has 20 heavy (non-hydrogen) atoms. The van der Waals surface area contributed by atoms with Crippen LogP contribution in [0.1, 0.15) is 46.9 Å². The number of alkyl halides is 1. The molecule has 0 bridgehead atoms. The summed E-state index contributed by atoms with van der Waals surface area (Å²) in [6, 6.07) is 6.23. The Morgan fingerprint density at radius 3 is 2.40 bits per heavy atom. The highest BCUT2D eigenvalue weighted by Crippen LogP contribution is 2.36. The molecule has 0 fully saturated rings. The van der Waals surface area contributed by atoms with E-state index in [1.54, 1.807) is 0 Å². The third-order valence-corrected chi connectivity index (χ3v) is 4.11. The first-order valence-corrected chi connectivity index (χ1v) is 8.20. The zero-order valence-electron chi connectivity index (χ0n) is 12.8. The zero-order chi connectivity index (χ0) is 15.1. The second-order valence-corrected chi connectivity index (χ2v) is 8.36. The van der Waals surface area contributed by atoms with Crippen LogP contribution in [0.4, 0.5) is 0 Å². The molecule has 0 N–H and O–H groups in total. The maximum atomic E-state index is 6.13. The molecule has 1 aromatic heterocycles. The molecule has 1 heterocycles. The van der Waals surface area contributed by atoms with Crippen molar-refractivity contribution in [2.45, 2.75) is 52.5 Å². The summed E-state index contributed by atoms with van der Waals surface area (Å²) >= 11 is 9.63. The van der Waals surface area contributed by atoms with Crippen molar-refractivity contribution in [1.82, 2.24) is 9.55 Å². The molecule has 0 aliphatic carbocycles. The number of aromatic nitrogens is 2. The average molecular weight is 358 g/mol. The molecule has 0 spiro atoms. The van der Waals surface area contributed by atoms with E-state index in [1.165, 1.54) is 0 Å². The number of hydrogen-bond acceptors (Lipinski definition) is 1. The maximum Gasteiger partial charge on any atom is 0.125 e. The molecule has 0 saturated carbocycles. The van der Waals surface area contributed by atoms with E-state index in [2.05, 4.69) is 78.3 Å². The SMILES string of the molecule is CC(C)(C)CC(C)(C)n1c(CCl)nc2cc(Br)ccc21. The number of nitrogens with zero attached hydrogens (tertiary/aromatic N) is 2. The number of rotatable bonds is 3. The Kier molecular flexibility index (Phi) is 4.23. The molecule has 1 aromatic carbocycles. The van der Waals surface area contributed by atoms with Gasteiger partial charge in [0, 0.05) is 10.0 Å². The largest absolute Gasteiger partial charge is 0.321 e. The number of halogens is 2. The van der Waals surface area contributed by atoms with Gasteiger partial charge in [-0.15, -0.1) is 11.6 Å². The summed E-state index contributed by atoms with van der Waals surface area (Å²) in [6.45, 7) is 11.3. The van der Waals surface area contributed by atoms with Crippen LogP contribution in [0.3, 0.4) is 0 Å². The average Bonchev–Trinajstić information content (AvgIpc) is 2.63. The van der Waals surface area contributed by atoms with E-state index >= 15 is 0 Å². The lowest BCUT2D eigenvalue weighted by molar-refractivity contribution is 0.216. The van der Waals surface area contributed by atoms with Crippen LogP contribution in [0.15, 0.2) is 22.7 Å². The van der Waals surface area contributed by atoms with Gasteiger partial charge in [-0.2, -0.15) is 0 Å². The predicted molar refractivity (Wildman–Crippen MR) is 90.4 cm³/mol. The van der Waals surface area contributed by atoms with Crippen molar-refractivity contribution in [3.8, 4) is 0 Å². The molecule has 2 nitrogen and oxygen atoms in total. The number of fused-ring (bicyclic) bond motifs is 1. The van der Waals surface area contributed by atoms with Crippen LogP contribution in [-0.4, -0.2) is 9.55 Å². The first-order chi connectivity index (χ1) is 9.14. The van der Waals surface area contributed by atoms with E-state index in [9.17, 15) is 0 Å². The van der Waals surface area contributed by atoms with Crippen LogP contribution in [0.5, 0.6) is 0 Å². The standard InChI is InChI=1S/C16H22BrClN2/c1-15(2,3)10-16(4,5)20-13-7-6-11(17)8-12(13)19-14(20)9-18/h6-8H,9-10H2,1-5H3. The minimum absolute atomic E-state index is 0.0228. The van der Waals surface area contributed by atoms with E-state index in [4.69, 9.17) is 11.6 Å². The normalized spacial score (nSPS) is 13.2. The second kappa shape index (κ2) is 5.34. The molecule has 0 saturated heterocycles. The van der Waals surface area contributed by atoms with Crippen LogP contribution in [0, 0.1) is 5.41 Å². The topological polar surface area (TPSA) is 17.8 Å². The highest BCUT2D eigenvalue weighted by molar-refractivity contribution is 9.10. The van der Waals surface area contributed by atoms with Gasteiger partial charge in [0.25, 0.3) is 0 Å². The molecule has 0 aliphatic heterocycles. The Morgan fingerprint density at radius 2 is 1.85 bits per heavy atom. The first kappa shape index (κ1) is 15.8. The van der Waals surface area contributed by atoms with E-state index in [0.29, 0.717) is 5.88 Å². The summed E-state index contributed by atoms with van der Waals surface area (Å²) in [5.41, 5.74) is 2.37. The lowest BCUT2D eigenvalue weighted by Gasteiger charge is -2.35. The summed E-state index contributed by atoms with van der Waals surface area (Å²) in [4.78, 5) is 4.69. The molecule has 110 valence electrons. The summed E-state index contributed by atoms with van der Waals surface area (Å²) < 4.78 is 3.34. The third-order valence-electron chi connectivity index (χ3n) is 3.37. The van der Waals surface area contributed by atoms with Crippen molar-refractivity contribution in [3.63, 3.8) is 0 Å². The van der Waals surface area contributed by atoms with Gasteiger partial charge in [0.1, 0.15) is 5.82 Å². The fraction of sp³-hybridized carbons (Fsp3) is 0.562. The number of imidazole rings is 1. The fourth-order valence-corrected chi connectivity index (χ4v) is 3.77. The Hall–Kier alpha value is -0.540. The molecule has 0 amide bonds. The maximum absolute atomic E-state index is 6.13. The van der Waals surface area contributed by atoms with Crippen molar-refractivity contribution < 1.29 is 0 Å². The first-order valence-electron chi connectivity index (χ1n) is 6.87. The number of benzene rings is 1. The monoisotopic (exact) mass is 356 g/mol. The molecular weight excluding hydrogens is 336 g/mol. The second-order valence-electron chi connectivity index (χ2n) is 7.18. The smallest absolute Gasteiger partial charge is 0.125 e. The van der Waals surface area contributed by atoms with Gasteiger partial charge in [-0.3, -0.25) is 0 Å². The Labute approximate surface area is 134 Å². The molecule has 0 radical (unpaired) electrons. The van der Waals surface area contributed by atoms with Gasteiger partial charge >= 0.3 is 0 Å². The van der Waals surface area contributed by atoms with E-state index in [0.717, 1.165) is 27.8 Å². The fourth-order valence-electron chi connectivity index (χ4n) is 3.25. The van der Waals surface area contributed by atoms with Gasteiger partial charge in [-0.05, 0) is 43.9 Å². The third kappa shape index (κ3) is 3.20. The van der Waals surface area contributed by atoms with Crippen molar-refractivity contribution in [1.29, 1.82) is 0 Å². The minimum atomic E-state index is -0.0228. The van der Waals surface area contributed by atoms with E-state index < -0.39 is 0 Å². The van der Waals surface area contributed by atoms with Gasteiger partial charge in [0.05, 0.1) is 16.9 Å². The highest BCUT2D eigenvalue weighted by atomic mass is 79.9. The Balaban J connectivity index is 2.62. The lowest BCUT2D eigenvalue weighted by atomic mass is 9.81. The summed E-state index contributed by atoms with van der Waals surface area (Å²) in [5.74, 6) is 1.37. The molecule has 2 rings (SSSR count). The molecule has 0 atom stereocenters.